The highest BCUT2D eigenvalue weighted by molar-refractivity contribution is 7.80. The largest absolute Gasteiger partial charge is 0.465 e. The first kappa shape index (κ1) is 27.5. The van der Waals surface area contributed by atoms with Gasteiger partial charge in [0.1, 0.15) is 0 Å². The molecule has 2 aromatic carbocycles. The van der Waals surface area contributed by atoms with Gasteiger partial charge < -0.3 is 20.1 Å². The molecule has 3 rings (SSSR count). The number of carbonyl (C=O) groups is 2. The molecule has 0 aliphatic carbocycles. The second kappa shape index (κ2) is 12.7. The number of aromatic nitrogens is 2. The molecule has 3 aromatic rings. The fourth-order valence-corrected chi connectivity index (χ4v) is 3.64. The van der Waals surface area contributed by atoms with Gasteiger partial charge in [0.15, 0.2) is 5.11 Å². The van der Waals surface area contributed by atoms with Crippen molar-refractivity contribution in [1.29, 1.82) is 0 Å². The maximum atomic E-state index is 12.1. The summed E-state index contributed by atoms with van der Waals surface area (Å²) in [5.41, 5.74) is 3.00. The van der Waals surface area contributed by atoms with Gasteiger partial charge in [-0.15, -0.1) is 0 Å². The van der Waals surface area contributed by atoms with Gasteiger partial charge in [0.25, 0.3) is 0 Å². The van der Waals surface area contributed by atoms with E-state index in [1.54, 1.807) is 6.07 Å². The molecule has 3 N–H and O–H groups in total. The van der Waals surface area contributed by atoms with Gasteiger partial charge in [-0.3, -0.25) is 5.32 Å². The molecule has 0 atom stereocenters. The maximum absolute atomic E-state index is 12.1. The number of carbonyl (C=O) groups excluding carboxylic acids is 2. The van der Waals surface area contributed by atoms with Gasteiger partial charge >= 0.3 is 11.9 Å². The normalized spacial score (nSPS) is 10.9. The predicted octanol–water partition coefficient (Wildman–Crippen LogP) is 4.27. The first-order valence-corrected chi connectivity index (χ1v) is 11.7. The summed E-state index contributed by atoms with van der Waals surface area (Å²) in [5, 5.41) is 9.65. The predicted molar refractivity (Wildman–Crippen MR) is 146 cm³/mol. The Morgan fingerprint density at radius 2 is 1.54 bits per heavy atom. The number of esters is 2. The Labute approximate surface area is 224 Å². The molecule has 0 unspecified atom stereocenters. The minimum atomic E-state index is -0.622. The van der Waals surface area contributed by atoms with E-state index >= 15 is 0 Å². The highest BCUT2D eigenvalue weighted by Crippen LogP contribution is 2.18. The third-order valence-electron chi connectivity index (χ3n) is 4.84. The van der Waals surface area contributed by atoms with Crippen LogP contribution in [0.2, 0.25) is 5.02 Å². The average Bonchev–Trinajstić information content (AvgIpc) is 2.86. The van der Waals surface area contributed by atoms with E-state index in [9.17, 15) is 9.59 Å². The number of guanidine groups is 1. The zero-order chi connectivity index (χ0) is 26.9. The van der Waals surface area contributed by atoms with Crippen molar-refractivity contribution in [1.82, 2.24) is 15.3 Å². The van der Waals surface area contributed by atoms with Crippen LogP contribution >= 0.6 is 23.8 Å². The monoisotopic (exact) mass is 540 g/mol. The number of nitrogens with one attached hydrogen (secondary N) is 3. The smallest absolute Gasteiger partial charge is 0.337 e. The first-order valence-electron chi connectivity index (χ1n) is 11.0. The Hall–Kier alpha value is -4.09. The van der Waals surface area contributed by atoms with Crippen LogP contribution in [0.5, 0.6) is 0 Å². The van der Waals surface area contributed by atoms with Crippen LogP contribution in [0.1, 0.15) is 37.7 Å². The van der Waals surface area contributed by atoms with E-state index < -0.39 is 11.9 Å². The number of ether oxygens (including phenoxy) is 2. The number of anilines is 2. The van der Waals surface area contributed by atoms with Crippen molar-refractivity contribution in [2.75, 3.05) is 24.9 Å². The number of methoxy groups -OCH3 is 2. The van der Waals surface area contributed by atoms with Crippen LogP contribution in [0.3, 0.4) is 0 Å². The Morgan fingerprint density at radius 1 is 0.946 bits per heavy atom. The number of thiocarbonyl (C=S) groups is 1. The maximum Gasteiger partial charge on any atom is 0.337 e. The fourth-order valence-electron chi connectivity index (χ4n) is 3.23. The van der Waals surface area contributed by atoms with Crippen LogP contribution in [0, 0.1) is 13.8 Å². The zero-order valence-electron chi connectivity index (χ0n) is 20.6. The molecule has 0 saturated carbocycles. The molecule has 0 aliphatic rings. The van der Waals surface area contributed by atoms with E-state index in [4.69, 9.17) is 33.3 Å². The zero-order valence-corrected chi connectivity index (χ0v) is 22.2. The lowest BCUT2D eigenvalue weighted by atomic mass is 10.1. The number of benzene rings is 2. The molecule has 192 valence electrons. The summed E-state index contributed by atoms with van der Waals surface area (Å²) in [6.07, 6.45) is 0. The molecule has 10 nitrogen and oxygen atoms in total. The fraction of sp³-hybridized carbons (Fsp3) is 0.200. The molecule has 1 heterocycles. The second-order valence-corrected chi connectivity index (χ2v) is 8.53. The van der Waals surface area contributed by atoms with Crippen molar-refractivity contribution in [3.05, 3.63) is 81.6 Å². The molecule has 37 heavy (non-hydrogen) atoms. The van der Waals surface area contributed by atoms with Crippen LogP contribution in [-0.2, 0) is 16.0 Å². The molecule has 12 heteroatoms. The van der Waals surface area contributed by atoms with E-state index in [1.165, 1.54) is 32.4 Å². The van der Waals surface area contributed by atoms with Crippen molar-refractivity contribution in [3.8, 4) is 0 Å². The molecule has 0 fully saturated rings. The van der Waals surface area contributed by atoms with Crippen LogP contribution in [0.4, 0.5) is 11.6 Å². The minimum absolute atomic E-state index is 0.118. The summed E-state index contributed by atoms with van der Waals surface area (Å²) in [6.45, 7) is 3.95. The second-order valence-electron chi connectivity index (χ2n) is 7.72. The molecule has 0 bridgehead atoms. The van der Waals surface area contributed by atoms with E-state index in [2.05, 4.69) is 30.9 Å². The standard InChI is InChI=1S/C25H25ClN6O4S/c1-14-9-15(2)29-24(28-14)31-23(27-13-16-7-5-6-8-20(16)26)32-25(37)30-19-11-17(21(33)35-3)10-18(12-19)22(34)36-4/h5-12H,13H2,1-4H3,(H3,27,28,29,30,31,32,37). The van der Waals surface area contributed by atoms with E-state index in [-0.39, 0.29) is 28.7 Å². The molecule has 0 amide bonds. The van der Waals surface area contributed by atoms with E-state index in [1.807, 2.05) is 38.1 Å². The summed E-state index contributed by atoms with van der Waals surface area (Å²) < 4.78 is 9.55. The van der Waals surface area contributed by atoms with E-state index in [0.717, 1.165) is 17.0 Å². The van der Waals surface area contributed by atoms with Crippen molar-refractivity contribution in [2.24, 2.45) is 4.99 Å². The first-order chi connectivity index (χ1) is 17.7. The van der Waals surface area contributed by atoms with Crippen LogP contribution in [-0.4, -0.2) is 47.2 Å². The SMILES string of the molecule is COC(=O)c1cc(NC(=S)NC(=NCc2ccccc2Cl)Nc2nc(C)cc(C)n2)cc(C(=O)OC)c1. The highest BCUT2D eigenvalue weighted by atomic mass is 35.5. The van der Waals surface area contributed by atoms with Crippen LogP contribution in [0.25, 0.3) is 0 Å². The summed E-state index contributed by atoms with van der Waals surface area (Å²) in [5.74, 6) is -0.669. The summed E-state index contributed by atoms with van der Waals surface area (Å²) in [6, 6.07) is 13.5. The third kappa shape index (κ3) is 7.95. The molecular formula is C25H25ClN6O4S. The van der Waals surface area contributed by atoms with Crippen LogP contribution < -0.4 is 16.0 Å². The summed E-state index contributed by atoms with van der Waals surface area (Å²) >= 11 is 11.7. The number of aliphatic imine (C=N–C) groups is 1. The van der Waals surface area contributed by atoms with Gasteiger partial charge in [0.05, 0.1) is 31.9 Å². The number of nitrogens with zero attached hydrogens (tertiary/aromatic N) is 3. The number of aryl methyl sites for hydroxylation is 2. The van der Waals surface area contributed by atoms with Crippen molar-refractivity contribution >= 4 is 58.5 Å². The lowest BCUT2D eigenvalue weighted by Gasteiger charge is -2.15. The number of halogens is 1. The van der Waals surface area contributed by atoms with Crippen molar-refractivity contribution < 1.29 is 19.1 Å². The Bertz CT molecular complexity index is 1310. The summed E-state index contributed by atoms with van der Waals surface area (Å²) in [7, 11) is 2.49. The van der Waals surface area contributed by atoms with Crippen molar-refractivity contribution in [3.63, 3.8) is 0 Å². The average molecular weight is 541 g/mol. The number of hydrogen-bond donors (Lipinski definition) is 3. The Balaban J connectivity index is 1.87. The van der Waals surface area contributed by atoms with Gasteiger partial charge in [0, 0.05) is 22.1 Å². The van der Waals surface area contributed by atoms with Gasteiger partial charge in [-0.25, -0.2) is 24.5 Å². The van der Waals surface area contributed by atoms with Crippen molar-refractivity contribution in [2.45, 2.75) is 20.4 Å². The lowest BCUT2D eigenvalue weighted by molar-refractivity contribution is 0.0599. The Morgan fingerprint density at radius 3 is 2.11 bits per heavy atom. The molecule has 0 radical (unpaired) electrons. The summed E-state index contributed by atoms with van der Waals surface area (Å²) in [4.78, 5) is 37.5. The lowest BCUT2D eigenvalue weighted by Crippen LogP contribution is -2.39. The molecule has 0 saturated heterocycles. The van der Waals surface area contributed by atoms with Gasteiger partial charge in [-0.2, -0.15) is 0 Å². The van der Waals surface area contributed by atoms with Gasteiger partial charge in [0.2, 0.25) is 11.9 Å². The van der Waals surface area contributed by atoms with Crippen LogP contribution in [0.15, 0.2) is 53.5 Å². The van der Waals surface area contributed by atoms with Gasteiger partial charge in [-0.1, -0.05) is 29.8 Å². The topological polar surface area (TPSA) is 127 Å². The molecule has 0 spiro atoms. The quantitative estimate of drug-likeness (QED) is 0.180. The molecular weight excluding hydrogens is 516 g/mol. The Kier molecular flexibility index (Phi) is 9.47. The third-order valence-corrected chi connectivity index (χ3v) is 5.42. The molecule has 1 aromatic heterocycles. The van der Waals surface area contributed by atoms with Gasteiger partial charge in [-0.05, 0) is 62.0 Å². The number of rotatable bonds is 6. The highest BCUT2D eigenvalue weighted by Gasteiger charge is 2.15. The molecule has 0 aliphatic heterocycles. The minimum Gasteiger partial charge on any atom is -0.465 e. The number of hydrogen-bond acceptors (Lipinski definition) is 8. The van der Waals surface area contributed by atoms with E-state index in [0.29, 0.717) is 16.7 Å².